The van der Waals surface area contributed by atoms with Gasteiger partial charge in [-0.3, -0.25) is 9.69 Å². The Hall–Kier alpha value is -2.94. The first-order chi connectivity index (χ1) is 17.1. The van der Waals surface area contributed by atoms with Crippen molar-refractivity contribution < 1.29 is 19.1 Å². The van der Waals surface area contributed by atoms with E-state index in [0.717, 1.165) is 44.0 Å². The highest BCUT2D eigenvalue weighted by atomic mass is 16.5. The van der Waals surface area contributed by atoms with Gasteiger partial charge in [-0.2, -0.15) is 0 Å². The van der Waals surface area contributed by atoms with Gasteiger partial charge in [0, 0.05) is 51.4 Å². The van der Waals surface area contributed by atoms with Gasteiger partial charge in [-0.15, -0.1) is 0 Å². The van der Waals surface area contributed by atoms with Crippen LogP contribution in [0.2, 0.25) is 0 Å². The molecule has 1 unspecified atom stereocenters. The van der Waals surface area contributed by atoms with Crippen LogP contribution in [0.1, 0.15) is 21.5 Å². The van der Waals surface area contributed by atoms with Crippen molar-refractivity contribution in [2.45, 2.75) is 19.6 Å². The average molecular weight is 481 g/mol. The molecule has 2 aromatic rings. The summed E-state index contributed by atoms with van der Waals surface area (Å²) in [5.41, 5.74) is 2.85. The Bertz CT molecular complexity index is 947. The number of hydrogen-bond donors (Lipinski definition) is 1. The maximum atomic E-state index is 13.4. The first kappa shape index (κ1) is 25.2. The first-order valence-electron chi connectivity index (χ1n) is 12.4. The molecule has 0 aromatic heterocycles. The maximum Gasteiger partial charge on any atom is 0.317 e. The molecule has 4 rings (SSSR count). The minimum absolute atomic E-state index is 0.00693. The van der Waals surface area contributed by atoms with E-state index < -0.39 is 0 Å². The summed E-state index contributed by atoms with van der Waals surface area (Å²) in [5, 5.41) is 3.00. The molecule has 3 amide bonds. The van der Waals surface area contributed by atoms with Crippen LogP contribution in [-0.4, -0.2) is 98.4 Å². The number of carbonyl (C=O) groups is 2. The number of hydrogen-bond acceptors (Lipinski definition) is 5. The second-order valence-corrected chi connectivity index (χ2v) is 9.15. The van der Waals surface area contributed by atoms with Gasteiger partial charge in [-0.1, -0.05) is 48.0 Å². The zero-order valence-electron chi connectivity index (χ0n) is 20.5. The monoisotopic (exact) mass is 480 g/mol. The normalized spacial score (nSPS) is 18.8. The number of nitrogens with zero attached hydrogens (tertiary/aromatic N) is 3. The highest BCUT2D eigenvalue weighted by Gasteiger charge is 2.28. The maximum absolute atomic E-state index is 13.4. The standard InChI is InChI=1S/C27H36N4O4/c1-22-7-9-24(10-8-22)26(32)30(12-11-29-13-16-34-17-14-29)20-25-21-31(15-18-35-25)27(33)28-19-23-5-3-2-4-6-23/h2-10,25H,11-21H2,1H3,(H,28,33). The lowest BCUT2D eigenvalue weighted by Crippen LogP contribution is -2.53. The van der Waals surface area contributed by atoms with Gasteiger partial charge in [0.2, 0.25) is 0 Å². The Morgan fingerprint density at radius 1 is 1.00 bits per heavy atom. The third-order valence-electron chi connectivity index (χ3n) is 6.51. The second-order valence-electron chi connectivity index (χ2n) is 9.15. The topological polar surface area (TPSA) is 74.4 Å². The number of urea groups is 1. The fourth-order valence-corrected chi connectivity index (χ4v) is 4.39. The fraction of sp³-hybridized carbons (Fsp3) is 0.481. The van der Waals surface area contributed by atoms with Crippen LogP contribution >= 0.6 is 0 Å². The number of carbonyl (C=O) groups excluding carboxylic acids is 2. The van der Waals surface area contributed by atoms with E-state index in [2.05, 4.69) is 10.2 Å². The van der Waals surface area contributed by atoms with Gasteiger partial charge in [-0.25, -0.2) is 4.79 Å². The van der Waals surface area contributed by atoms with E-state index in [1.165, 1.54) is 0 Å². The number of nitrogens with one attached hydrogen (secondary N) is 1. The molecule has 0 aliphatic carbocycles. The number of ether oxygens (including phenoxy) is 2. The molecule has 2 fully saturated rings. The summed E-state index contributed by atoms with van der Waals surface area (Å²) in [6.45, 7) is 8.99. The lowest BCUT2D eigenvalue weighted by atomic mass is 10.1. The fourth-order valence-electron chi connectivity index (χ4n) is 4.39. The number of amides is 3. The third kappa shape index (κ3) is 7.52. The smallest absolute Gasteiger partial charge is 0.317 e. The van der Waals surface area contributed by atoms with Crippen molar-refractivity contribution in [1.82, 2.24) is 20.0 Å². The van der Waals surface area contributed by atoms with Crippen LogP contribution in [0.4, 0.5) is 4.79 Å². The summed E-state index contributed by atoms with van der Waals surface area (Å²) in [7, 11) is 0. The molecule has 8 heteroatoms. The van der Waals surface area contributed by atoms with E-state index in [9.17, 15) is 9.59 Å². The molecular weight excluding hydrogens is 444 g/mol. The summed E-state index contributed by atoms with van der Waals surface area (Å²) in [4.78, 5) is 32.2. The summed E-state index contributed by atoms with van der Waals surface area (Å²) in [6, 6.07) is 17.4. The Kier molecular flexibility index (Phi) is 9.11. The number of rotatable bonds is 8. The molecule has 0 radical (unpaired) electrons. The summed E-state index contributed by atoms with van der Waals surface area (Å²) in [5.74, 6) is -0.00693. The Morgan fingerprint density at radius 2 is 1.74 bits per heavy atom. The van der Waals surface area contributed by atoms with E-state index in [-0.39, 0.29) is 18.0 Å². The molecule has 2 aliphatic rings. The van der Waals surface area contributed by atoms with E-state index >= 15 is 0 Å². The van der Waals surface area contributed by atoms with Crippen molar-refractivity contribution in [2.24, 2.45) is 0 Å². The molecule has 0 bridgehead atoms. The van der Waals surface area contributed by atoms with Crippen LogP contribution in [0.3, 0.4) is 0 Å². The molecule has 8 nitrogen and oxygen atoms in total. The number of benzene rings is 2. The number of morpholine rings is 2. The Balaban J connectivity index is 1.36. The molecule has 2 aromatic carbocycles. The van der Waals surface area contributed by atoms with Crippen molar-refractivity contribution in [3.05, 3.63) is 71.3 Å². The zero-order valence-corrected chi connectivity index (χ0v) is 20.5. The Morgan fingerprint density at radius 3 is 2.49 bits per heavy atom. The minimum Gasteiger partial charge on any atom is -0.379 e. The predicted molar refractivity (Wildman–Crippen MR) is 134 cm³/mol. The SMILES string of the molecule is Cc1ccc(C(=O)N(CCN2CCOCC2)CC2CN(C(=O)NCc3ccccc3)CCO2)cc1. The van der Waals surface area contributed by atoms with Gasteiger partial charge in [0.15, 0.2) is 0 Å². The van der Waals surface area contributed by atoms with Crippen LogP contribution in [0.5, 0.6) is 0 Å². The van der Waals surface area contributed by atoms with Gasteiger partial charge in [0.1, 0.15) is 0 Å². The van der Waals surface area contributed by atoms with Crippen LogP contribution in [0.25, 0.3) is 0 Å². The van der Waals surface area contributed by atoms with E-state index in [1.54, 1.807) is 4.90 Å². The van der Waals surface area contributed by atoms with Crippen LogP contribution in [-0.2, 0) is 16.0 Å². The largest absolute Gasteiger partial charge is 0.379 e. The molecule has 2 aliphatic heterocycles. The lowest BCUT2D eigenvalue weighted by molar-refractivity contribution is -0.0297. The summed E-state index contributed by atoms with van der Waals surface area (Å²) >= 11 is 0. The zero-order chi connectivity index (χ0) is 24.5. The van der Waals surface area contributed by atoms with Gasteiger partial charge in [0.05, 0.1) is 32.5 Å². The van der Waals surface area contributed by atoms with Gasteiger partial charge in [0.25, 0.3) is 5.91 Å². The molecule has 0 saturated carbocycles. The van der Waals surface area contributed by atoms with Crippen molar-refractivity contribution in [2.75, 3.05) is 65.6 Å². The van der Waals surface area contributed by atoms with Crippen molar-refractivity contribution >= 4 is 11.9 Å². The van der Waals surface area contributed by atoms with Crippen LogP contribution < -0.4 is 5.32 Å². The minimum atomic E-state index is -0.231. The van der Waals surface area contributed by atoms with E-state index in [1.807, 2.05) is 66.4 Å². The summed E-state index contributed by atoms with van der Waals surface area (Å²) in [6.07, 6.45) is -0.231. The van der Waals surface area contributed by atoms with E-state index in [4.69, 9.17) is 9.47 Å². The van der Waals surface area contributed by atoms with Crippen LogP contribution in [0, 0.1) is 6.92 Å². The van der Waals surface area contributed by atoms with Crippen molar-refractivity contribution in [3.63, 3.8) is 0 Å². The highest BCUT2D eigenvalue weighted by Crippen LogP contribution is 2.13. The third-order valence-corrected chi connectivity index (χ3v) is 6.51. The molecule has 0 spiro atoms. The molecular formula is C27H36N4O4. The van der Waals surface area contributed by atoms with Gasteiger partial charge in [-0.05, 0) is 24.6 Å². The van der Waals surface area contributed by atoms with Crippen molar-refractivity contribution in [1.29, 1.82) is 0 Å². The molecule has 1 N–H and O–H groups in total. The predicted octanol–water partition coefficient (Wildman–Crippen LogP) is 2.38. The van der Waals surface area contributed by atoms with E-state index in [0.29, 0.717) is 44.9 Å². The van der Waals surface area contributed by atoms with Crippen molar-refractivity contribution in [3.8, 4) is 0 Å². The Labute approximate surface area is 207 Å². The summed E-state index contributed by atoms with van der Waals surface area (Å²) < 4.78 is 11.5. The molecule has 35 heavy (non-hydrogen) atoms. The number of aryl methyl sites for hydroxylation is 1. The van der Waals surface area contributed by atoms with Crippen LogP contribution in [0.15, 0.2) is 54.6 Å². The molecule has 188 valence electrons. The highest BCUT2D eigenvalue weighted by molar-refractivity contribution is 5.94. The molecule has 1 atom stereocenters. The quantitative estimate of drug-likeness (QED) is 0.628. The van der Waals surface area contributed by atoms with Gasteiger partial charge >= 0.3 is 6.03 Å². The first-order valence-corrected chi connectivity index (χ1v) is 12.4. The second kappa shape index (κ2) is 12.7. The average Bonchev–Trinajstić information content (AvgIpc) is 2.91. The molecule has 2 heterocycles. The lowest BCUT2D eigenvalue weighted by Gasteiger charge is -2.36. The van der Waals surface area contributed by atoms with Gasteiger partial charge < -0.3 is 24.6 Å². The molecule has 2 saturated heterocycles.